The highest BCUT2D eigenvalue weighted by Gasteiger charge is 2.13. The first-order chi connectivity index (χ1) is 11.0. The number of aryl methyl sites for hydroxylation is 1. The minimum atomic E-state index is -3.51. The third-order valence-corrected chi connectivity index (χ3v) is 5.71. The van der Waals surface area contributed by atoms with E-state index in [0.29, 0.717) is 0 Å². The maximum Gasteiger partial charge on any atom is 0.240 e. The Labute approximate surface area is 139 Å². The van der Waals surface area contributed by atoms with Gasteiger partial charge in [0.15, 0.2) is 0 Å². The zero-order chi connectivity index (χ0) is 16.3. The van der Waals surface area contributed by atoms with Gasteiger partial charge in [-0.3, -0.25) is 4.98 Å². The van der Waals surface area contributed by atoms with Crippen LogP contribution in [0.1, 0.15) is 11.1 Å². The van der Waals surface area contributed by atoms with Crippen molar-refractivity contribution in [3.63, 3.8) is 0 Å². The van der Waals surface area contributed by atoms with Gasteiger partial charge in [0.25, 0.3) is 0 Å². The molecule has 1 N–H and O–H groups in total. The van der Waals surface area contributed by atoms with Crippen molar-refractivity contribution in [2.75, 3.05) is 0 Å². The van der Waals surface area contributed by atoms with Crippen molar-refractivity contribution in [2.45, 2.75) is 18.4 Å². The zero-order valence-corrected chi connectivity index (χ0v) is 14.2. The quantitative estimate of drug-likeness (QED) is 0.769. The van der Waals surface area contributed by atoms with E-state index in [-0.39, 0.29) is 11.4 Å². The van der Waals surface area contributed by atoms with E-state index < -0.39 is 10.0 Å². The highest BCUT2D eigenvalue weighted by molar-refractivity contribution is 7.89. The van der Waals surface area contributed by atoms with Gasteiger partial charge in [-0.05, 0) is 48.2 Å². The fourth-order valence-electron chi connectivity index (χ4n) is 2.12. The molecule has 0 amide bonds. The van der Waals surface area contributed by atoms with Crippen LogP contribution < -0.4 is 4.72 Å². The van der Waals surface area contributed by atoms with Crippen molar-refractivity contribution in [2.24, 2.45) is 0 Å². The molecule has 0 atom stereocenters. The lowest BCUT2D eigenvalue weighted by Crippen LogP contribution is -2.23. The van der Waals surface area contributed by atoms with E-state index >= 15 is 0 Å². The van der Waals surface area contributed by atoms with Crippen LogP contribution in [0.15, 0.2) is 65.0 Å². The molecule has 3 rings (SSSR count). The Balaban J connectivity index is 1.75. The van der Waals surface area contributed by atoms with Crippen LogP contribution >= 0.6 is 11.3 Å². The SMILES string of the molecule is Cc1ccc(S(=O)(=O)NCc2ccnc(-c3cccs3)c2)cc1. The van der Waals surface area contributed by atoms with Crippen LogP contribution in [-0.2, 0) is 16.6 Å². The number of hydrogen-bond acceptors (Lipinski definition) is 4. The van der Waals surface area contributed by atoms with Crippen LogP contribution in [-0.4, -0.2) is 13.4 Å². The number of aromatic nitrogens is 1. The standard InChI is InChI=1S/C17H16N2O2S2/c1-13-4-6-15(7-5-13)23(20,21)19-12-14-8-9-18-16(11-14)17-3-2-10-22-17/h2-11,19H,12H2,1H3. The Morgan fingerprint density at radius 3 is 2.61 bits per heavy atom. The van der Waals surface area contributed by atoms with Crippen LogP contribution in [0.25, 0.3) is 10.6 Å². The molecule has 0 aliphatic heterocycles. The first-order valence-electron chi connectivity index (χ1n) is 7.10. The number of thiophene rings is 1. The maximum absolute atomic E-state index is 12.3. The number of pyridine rings is 1. The molecule has 2 aromatic heterocycles. The van der Waals surface area contributed by atoms with E-state index in [1.807, 2.05) is 36.6 Å². The predicted molar refractivity (Wildman–Crippen MR) is 92.8 cm³/mol. The Morgan fingerprint density at radius 1 is 1.13 bits per heavy atom. The smallest absolute Gasteiger partial charge is 0.240 e. The zero-order valence-electron chi connectivity index (χ0n) is 12.6. The molecule has 4 nitrogen and oxygen atoms in total. The second-order valence-corrected chi connectivity index (χ2v) is 7.88. The van der Waals surface area contributed by atoms with Crippen molar-refractivity contribution in [3.05, 3.63) is 71.2 Å². The molecule has 0 radical (unpaired) electrons. The highest BCUT2D eigenvalue weighted by atomic mass is 32.2. The molecule has 2 heterocycles. The monoisotopic (exact) mass is 344 g/mol. The van der Waals surface area contributed by atoms with E-state index in [4.69, 9.17) is 0 Å². The molecule has 0 aliphatic rings. The molecule has 0 aliphatic carbocycles. The van der Waals surface area contributed by atoms with Gasteiger partial charge in [0, 0.05) is 12.7 Å². The van der Waals surface area contributed by atoms with Crippen LogP contribution in [0.3, 0.4) is 0 Å². The van der Waals surface area contributed by atoms with Gasteiger partial charge in [-0.15, -0.1) is 11.3 Å². The van der Waals surface area contributed by atoms with Crippen molar-refractivity contribution >= 4 is 21.4 Å². The Kier molecular flexibility index (Phi) is 4.56. The highest BCUT2D eigenvalue weighted by Crippen LogP contribution is 2.23. The normalized spacial score (nSPS) is 11.5. The van der Waals surface area contributed by atoms with Crippen molar-refractivity contribution in [1.82, 2.24) is 9.71 Å². The molecule has 6 heteroatoms. The Bertz CT molecular complexity index is 887. The van der Waals surface area contributed by atoms with Gasteiger partial charge < -0.3 is 0 Å². The lowest BCUT2D eigenvalue weighted by molar-refractivity contribution is 0.581. The summed E-state index contributed by atoms with van der Waals surface area (Å²) in [5.41, 5.74) is 2.75. The molecule has 23 heavy (non-hydrogen) atoms. The summed E-state index contributed by atoms with van der Waals surface area (Å²) in [5.74, 6) is 0. The fraction of sp³-hybridized carbons (Fsp3) is 0.118. The van der Waals surface area contributed by atoms with E-state index in [0.717, 1.165) is 21.7 Å². The van der Waals surface area contributed by atoms with Crippen LogP contribution in [0.2, 0.25) is 0 Å². The number of nitrogens with zero attached hydrogens (tertiary/aromatic N) is 1. The van der Waals surface area contributed by atoms with Gasteiger partial charge in [-0.2, -0.15) is 0 Å². The Hall–Kier alpha value is -2.02. The summed E-state index contributed by atoms with van der Waals surface area (Å²) in [4.78, 5) is 5.66. The molecular weight excluding hydrogens is 328 g/mol. The average Bonchev–Trinajstić information content (AvgIpc) is 3.08. The van der Waals surface area contributed by atoms with Crippen LogP contribution in [0, 0.1) is 6.92 Å². The molecule has 0 fully saturated rings. The van der Waals surface area contributed by atoms with Crippen molar-refractivity contribution < 1.29 is 8.42 Å². The lowest BCUT2D eigenvalue weighted by Gasteiger charge is -2.08. The van der Waals surface area contributed by atoms with Crippen molar-refractivity contribution in [1.29, 1.82) is 0 Å². The van der Waals surface area contributed by atoms with Gasteiger partial charge in [0.05, 0.1) is 15.5 Å². The largest absolute Gasteiger partial charge is 0.255 e. The molecule has 0 bridgehead atoms. The minimum absolute atomic E-state index is 0.233. The van der Waals surface area contributed by atoms with Crippen LogP contribution in [0.5, 0.6) is 0 Å². The van der Waals surface area contributed by atoms with Gasteiger partial charge >= 0.3 is 0 Å². The lowest BCUT2D eigenvalue weighted by atomic mass is 10.2. The maximum atomic E-state index is 12.3. The summed E-state index contributed by atoms with van der Waals surface area (Å²) in [6.45, 7) is 2.16. The van der Waals surface area contributed by atoms with Crippen molar-refractivity contribution in [3.8, 4) is 10.6 Å². The number of hydrogen-bond donors (Lipinski definition) is 1. The van der Waals surface area contributed by atoms with E-state index in [1.54, 1.807) is 41.8 Å². The summed E-state index contributed by atoms with van der Waals surface area (Å²) in [6, 6.07) is 14.5. The predicted octanol–water partition coefficient (Wildman–Crippen LogP) is 3.60. The first-order valence-corrected chi connectivity index (χ1v) is 9.46. The Morgan fingerprint density at radius 2 is 1.91 bits per heavy atom. The second kappa shape index (κ2) is 6.62. The first kappa shape index (κ1) is 15.9. The average molecular weight is 344 g/mol. The summed E-state index contributed by atoms with van der Waals surface area (Å²) < 4.78 is 27.2. The third kappa shape index (κ3) is 3.85. The van der Waals surface area contributed by atoms with Crippen LogP contribution in [0.4, 0.5) is 0 Å². The summed E-state index contributed by atoms with van der Waals surface area (Å²) >= 11 is 1.61. The second-order valence-electron chi connectivity index (χ2n) is 5.16. The molecule has 3 aromatic rings. The van der Waals surface area contributed by atoms with E-state index in [1.165, 1.54) is 0 Å². The molecule has 0 unspecified atom stereocenters. The van der Waals surface area contributed by atoms with E-state index in [2.05, 4.69) is 9.71 Å². The molecular formula is C17H16N2O2S2. The molecule has 1 aromatic carbocycles. The summed E-state index contributed by atoms with van der Waals surface area (Å²) in [6.07, 6.45) is 1.70. The number of nitrogens with one attached hydrogen (secondary N) is 1. The van der Waals surface area contributed by atoms with Gasteiger partial charge in [-0.25, -0.2) is 13.1 Å². The fourth-order valence-corrected chi connectivity index (χ4v) is 3.83. The minimum Gasteiger partial charge on any atom is -0.255 e. The van der Waals surface area contributed by atoms with Gasteiger partial charge in [-0.1, -0.05) is 23.8 Å². The summed E-state index contributed by atoms with van der Waals surface area (Å²) in [7, 11) is -3.51. The molecule has 0 saturated carbocycles. The van der Waals surface area contributed by atoms with Gasteiger partial charge in [0.1, 0.15) is 0 Å². The topological polar surface area (TPSA) is 59.1 Å². The summed E-state index contributed by atoms with van der Waals surface area (Å²) in [5, 5.41) is 1.99. The van der Waals surface area contributed by atoms with Gasteiger partial charge in [0.2, 0.25) is 10.0 Å². The molecule has 118 valence electrons. The van der Waals surface area contributed by atoms with E-state index in [9.17, 15) is 8.42 Å². The number of rotatable bonds is 5. The number of sulfonamides is 1. The molecule has 0 saturated heterocycles. The molecule has 0 spiro atoms. The third-order valence-electron chi connectivity index (χ3n) is 3.40. The number of benzene rings is 1.